The van der Waals surface area contributed by atoms with Crippen molar-refractivity contribution in [1.29, 1.82) is 0 Å². The highest BCUT2D eigenvalue weighted by atomic mass is 16.3. The first-order valence-corrected chi connectivity index (χ1v) is 4.50. The van der Waals surface area contributed by atoms with Crippen molar-refractivity contribution < 1.29 is 9.90 Å². The van der Waals surface area contributed by atoms with Gasteiger partial charge in [-0.1, -0.05) is 12.1 Å². The number of azide groups is 1. The van der Waals surface area contributed by atoms with Gasteiger partial charge in [0, 0.05) is 6.42 Å². The summed E-state index contributed by atoms with van der Waals surface area (Å²) in [4.78, 5) is 13.5. The monoisotopic (exact) mass is 221 g/mol. The third kappa shape index (κ3) is 3.39. The molecule has 7 heteroatoms. The van der Waals surface area contributed by atoms with Crippen LogP contribution in [0, 0.1) is 0 Å². The van der Waals surface area contributed by atoms with E-state index < -0.39 is 11.9 Å². The molecule has 1 atom stereocenters. The van der Waals surface area contributed by atoms with Gasteiger partial charge in [0.2, 0.25) is 0 Å². The van der Waals surface area contributed by atoms with E-state index >= 15 is 0 Å². The quantitative estimate of drug-likeness (QED) is 0.292. The summed E-state index contributed by atoms with van der Waals surface area (Å²) in [5, 5.41) is 12.2. The molecule has 1 rings (SSSR count). The van der Waals surface area contributed by atoms with E-state index in [4.69, 9.17) is 16.4 Å². The average molecular weight is 221 g/mol. The molecule has 0 fully saturated rings. The molecule has 0 aliphatic carbocycles. The van der Waals surface area contributed by atoms with Gasteiger partial charge in [0.25, 0.3) is 5.91 Å². The molecule has 0 heterocycles. The lowest BCUT2D eigenvalue weighted by molar-refractivity contribution is -0.120. The molecule has 7 nitrogen and oxygen atoms in total. The number of aromatic hydroxyl groups is 1. The minimum atomic E-state index is -0.763. The minimum Gasteiger partial charge on any atom is -0.508 e. The standard InChI is InChI=1S/C9H11N5O2/c10-9(16)8(12-14-13-11)5-6-1-3-7(15)4-2-6/h1-4,8,12,15H,5H2,(H2,10,16)/t8-/m0/s1. The lowest BCUT2D eigenvalue weighted by Gasteiger charge is -2.09. The number of phenols is 1. The molecule has 0 unspecified atom stereocenters. The number of rotatable bonds is 5. The maximum absolute atomic E-state index is 11.0. The van der Waals surface area contributed by atoms with Gasteiger partial charge in [-0.3, -0.25) is 4.79 Å². The van der Waals surface area contributed by atoms with Gasteiger partial charge in [-0.15, -0.1) is 5.53 Å². The molecule has 84 valence electrons. The summed E-state index contributed by atoms with van der Waals surface area (Å²) in [7, 11) is 0. The molecule has 1 aromatic carbocycles. The molecule has 0 aliphatic rings. The summed E-state index contributed by atoms with van der Waals surface area (Å²) < 4.78 is 0. The van der Waals surface area contributed by atoms with Crippen LogP contribution in [-0.4, -0.2) is 17.1 Å². The Bertz CT molecular complexity index is 410. The van der Waals surface area contributed by atoms with Crippen LogP contribution in [0.2, 0.25) is 0 Å². The Morgan fingerprint density at radius 2 is 2.19 bits per heavy atom. The number of nitrogens with zero attached hydrogens (tertiary/aromatic N) is 3. The summed E-state index contributed by atoms with van der Waals surface area (Å²) in [6.07, 6.45) is 0.286. The molecular formula is C9H11N5O2. The molecule has 0 aromatic heterocycles. The fourth-order valence-corrected chi connectivity index (χ4v) is 1.17. The second-order valence-corrected chi connectivity index (χ2v) is 3.14. The third-order valence-electron chi connectivity index (χ3n) is 1.98. The van der Waals surface area contributed by atoms with Gasteiger partial charge in [-0.25, -0.2) is 5.43 Å². The van der Waals surface area contributed by atoms with Crippen molar-refractivity contribution in [2.24, 2.45) is 11.0 Å². The van der Waals surface area contributed by atoms with Gasteiger partial charge in [0.1, 0.15) is 5.75 Å². The van der Waals surface area contributed by atoms with Gasteiger partial charge in [-0.2, -0.15) is 4.91 Å². The zero-order valence-corrected chi connectivity index (χ0v) is 8.37. The number of nitrogens with two attached hydrogens (primary N) is 1. The fraction of sp³-hybridized carbons (Fsp3) is 0.222. The molecular weight excluding hydrogens is 210 g/mol. The number of nitrogens with one attached hydrogen (secondary N) is 1. The van der Waals surface area contributed by atoms with Crippen LogP contribution < -0.4 is 11.2 Å². The van der Waals surface area contributed by atoms with Crippen molar-refractivity contribution in [2.75, 3.05) is 0 Å². The maximum atomic E-state index is 11.0. The first kappa shape index (κ1) is 11.7. The van der Waals surface area contributed by atoms with E-state index in [1.165, 1.54) is 12.1 Å². The second kappa shape index (κ2) is 5.47. The molecule has 0 aliphatic heterocycles. The van der Waals surface area contributed by atoms with E-state index in [1.807, 2.05) is 0 Å². The lowest BCUT2D eigenvalue weighted by Crippen LogP contribution is -2.40. The number of benzene rings is 1. The number of carbonyl (C=O) groups is 1. The van der Waals surface area contributed by atoms with E-state index in [2.05, 4.69) is 15.6 Å². The SMILES string of the molecule is [N-]=[N+]=NN[C@@H](Cc1ccc(O)cc1)C(N)=O. The molecule has 0 bridgehead atoms. The van der Waals surface area contributed by atoms with Crippen molar-refractivity contribution in [3.63, 3.8) is 0 Å². The largest absolute Gasteiger partial charge is 0.508 e. The number of primary amides is 1. The predicted molar refractivity (Wildman–Crippen MR) is 57.1 cm³/mol. The Hall–Kier alpha value is -2.40. The number of amides is 1. The number of phenolic OH excluding ortho intramolecular Hbond substituents is 1. The van der Waals surface area contributed by atoms with Crippen LogP contribution in [-0.2, 0) is 11.2 Å². The van der Waals surface area contributed by atoms with Crippen LogP contribution in [0.5, 0.6) is 5.75 Å². The van der Waals surface area contributed by atoms with Crippen LogP contribution >= 0.6 is 0 Å². The highest BCUT2D eigenvalue weighted by Gasteiger charge is 2.17. The smallest absolute Gasteiger partial charge is 0.262 e. The first-order chi connectivity index (χ1) is 7.63. The van der Waals surface area contributed by atoms with Crippen molar-refractivity contribution >= 4 is 5.91 Å². The summed E-state index contributed by atoms with van der Waals surface area (Å²) in [6, 6.07) is 5.55. The molecule has 16 heavy (non-hydrogen) atoms. The summed E-state index contributed by atoms with van der Waals surface area (Å²) in [5.74, 6) is -0.470. The van der Waals surface area contributed by atoms with Crippen molar-refractivity contribution in [3.05, 3.63) is 40.3 Å². The Balaban J connectivity index is 2.71. The van der Waals surface area contributed by atoms with Crippen LogP contribution in [0.15, 0.2) is 29.5 Å². The average Bonchev–Trinajstić information content (AvgIpc) is 2.26. The summed E-state index contributed by atoms with van der Waals surface area (Å²) in [6.45, 7) is 0. The molecule has 4 N–H and O–H groups in total. The van der Waals surface area contributed by atoms with Gasteiger partial charge in [0.05, 0.1) is 0 Å². The van der Waals surface area contributed by atoms with E-state index in [0.29, 0.717) is 0 Å². The topological polar surface area (TPSA) is 124 Å². The first-order valence-electron chi connectivity index (χ1n) is 4.50. The third-order valence-corrected chi connectivity index (χ3v) is 1.98. The van der Waals surface area contributed by atoms with Crippen LogP contribution in [0.25, 0.3) is 10.4 Å². The highest BCUT2D eigenvalue weighted by Crippen LogP contribution is 2.11. The molecule has 1 amide bonds. The molecule has 0 radical (unpaired) electrons. The van der Waals surface area contributed by atoms with E-state index in [-0.39, 0.29) is 12.2 Å². The van der Waals surface area contributed by atoms with Gasteiger partial charge < -0.3 is 10.8 Å². The predicted octanol–water partition coefficient (Wildman–Crippen LogP) is 0.604. The maximum Gasteiger partial charge on any atom is 0.262 e. The molecule has 0 spiro atoms. The van der Waals surface area contributed by atoms with Crippen molar-refractivity contribution in [1.82, 2.24) is 5.43 Å². The van der Waals surface area contributed by atoms with Crippen LogP contribution in [0.1, 0.15) is 5.56 Å². The van der Waals surface area contributed by atoms with Gasteiger partial charge in [0.15, 0.2) is 6.04 Å². The molecule has 1 aromatic rings. The Morgan fingerprint density at radius 3 is 2.69 bits per heavy atom. The summed E-state index contributed by atoms with van der Waals surface area (Å²) in [5.41, 5.74) is 16.3. The van der Waals surface area contributed by atoms with Crippen molar-refractivity contribution in [2.45, 2.75) is 12.5 Å². The number of hydrogen-bond acceptors (Lipinski definition) is 3. The van der Waals surface area contributed by atoms with Crippen molar-refractivity contribution in [3.8, 4) is 5.75 Å². The normalized spacial score (nSPS) is 11.2. The Labute approximate surface area is 91.5 Å². The van der Waals surface area contributed by atoms with E-state index in [0.717, 1.165) is 5.56 Å². The fourth-order valence-electron chi connectivity index (χ4n) is 1.17. The van der Waals surface area contributed by atoms with Gasteiger partial charge >= 0.3 is 0 Å². The molecule has 0 saturated heterocycles. The minimum absolute atomic E-state index is 0.141. The zero-order chi connectivity index (χ0) is 12.0. The summed E-state index contributed by atoms with van der Waals surface area (Å²) >= 11 is 0. The van der Waals surface area contributed by atoms with E-state index in [9.17, 15) is 4.79 Å². The Kier molecular flexibility index (Phi) is 3.99. The number of hydrogen-bond donors (Lipinski definition) is 3. The highest BCUT2D eigenvalue weighted by molar-refractivity contribution is 5.80. The van der Waals surface area contributed by atoms with Crippen LogP contribution in [0.4, 0.5) is 0 Å². The number of carbonyl (C=O) groups excluding carboxylic acids is 1. The Morgan fingerprint density at radius 1 is 1.56 bits per heavy atom. The second-order valence-electron chi connectivity index (χ2n) is 3.14. The van der Waals surface area contributed by atoms with Gasteiger partial charge in [-0.05, 0) is 22.9 Å². The van der Waals surface area contributed by atoms with E-state index in [1.54, 1.807) is 12.1 Å². The zero-order valence-electron chi connectivity index (χ0n) is 8.37. The van der Waals surface area contributed by atoms with Crippen LogP contribution in [0.3, 0.4) is 0 Å². The molecule has 0 saturated carbocycles. The lowest BCUT2D eigenvalue weighted by atomic mass is 10.1.